The Balaban J connectivity index is 1.43. The van der Waals surface area contributed by atoms with Crippen molar-refractivity contribution in [2.75, 3.05) is 0 Å². The normalized spacial score (nSPS) is 11.7. The van der Waals surface area contributed by atoms with Crippen molar-refractivity contribution in [3.8, 4) is 22.6 Å². The molecule has 178 valence electrons. The number of hydrogen-bond donors (Lipinski definition) is 0. The zero-order valence-corrected chi connectivity index (χ0v) is 20.6. The molecule has 0 fully saturated rings. The quantitative estimate of drug-likeness (QED) is 0.245. The number of nitrogens with zero attached hydrogens (tertiary/aromatic N) is 3. The van der Waals surface area contributed by atoms with Crippen LogP contribution in [0.25, 0.3) is 66.1 Å². The fraction of sp³-hybridized carbons (Fsp3) is 0. The van der Waals surface area contributed by atoms with Gasteiger partial charge in [-0.3, -0.25) is 4.98 Å². The molecule has 0 aliphatic carbocycles. The van der Waals surface area contributed by atoms with Crippen molar-refractivity contribution >= 4 is 43.5 Å². The van der Waals surface area contributed by atoms with Gasteiger partial charge in [-0.25, -0.2) is 0 Å². The molecule has 0 bridgehead atoms. The van der Waals surface area contributed by atoms with Crippen LogP contribution in [0.4, 0.5) is 0 Å². The molecule has 0 aliphatic heterocycles. The Bertz CT molecular complexity index is 2100. The van der Waals surface area contributed by atoms with Crippen LogP contribution >= 0.6 is 0 Å². The van der Waals surface area contributed by atoms with Gasteiger partial charge in [0, 0.05) is 39.0 Å². The Morgan fingerprint density at radius 1 is 0.500 bits per heavy atom. The number of hydrogen-bond acceptors (Lipinski definition) is 1. The maximum atomic E-state index is 4.87. The highest BCUT2D eigenvalue weighted by atomic mass is 15.0. The largest absolute Gasteiger partial charge is 0.317 e. The molecule has 8 aromatic rings. The second kappa shape index (κ2) is 8.19. The van der Waals surface area contributed by atoms with Gasteiger partial charge in [-0.05, 0) is 53.9 Å². The van der Waals surface area contributed by atoms with Crippen LogP contribution in [0.2, 0.25) is 0 Å². The van der Waals surface area contributed by atoms with E-state index in [-0.39, 0.29) is 0 Å². The zero-order chi connectivity index (χ0) is 25.1. The predicted molar refractivity (Wildman–Crippen MR) is 158 cm³/mol. The summed E-state index contributed by atoms with van der Waals surface area (Å²) < 4.78 is 4.65. The first-order valence-electron chi connectivity index (χ1n) is 12.9. The second-order valence-electron chi connectivity index (χ2n) is 9.74. The standard InChI is InChI=1S/C35H23N3/c1-3-9-24(10-4-1)32-18-16-28(23-36-32)38-33-14-8-7-13-29(33)30-17-15-25-21-26-19-20-37(27-11-5-2-6-12-27)34(26)22-31(25)35(30)38/h1-23H. The van der Waals surface area contributed by atoms with E-state index in [1.807, 2.05) is 12.3 Å². The molecule has 0 saturated heterocycles. The molecule has 0 unspecified atom stereocenters. The third-order valence-corrected chi connectivity index (χ3v) is 7.57. The van der Waals surface area contributed by atoms with E-state index in [0.29, 0.717) is 0 Å². The lowest BCUT2D eigenvalue weighted by molar-refractivity contribution is 1.13. The third-order valence-electron chi connectivity index (χ3n) is 7.57. The summed E-state index contributed by atoms with van der Waals surface area (Å²) >= 11 is 0. The van der Waals surface area contributed by atoms with Crippen LogP contribution in [0, 0.1) is 0 Å². The van der Waals surface area contributed by atoms with Crippen LogP contribution in [0.5, 0.6) is 0 Å². The van der Waals surface area contributed by atoms with Crippen LogP contribution in [0.15, 0.2) is 140 Å². The number of pyridine rings is 1. The molecule has 5 aromatic carbocycles. The lowest BCUT2D eigenvalue weighted by atomic mass is 10.0. The zero-order valence-electron chi connectivity index (χ0n) is 20.6. The maximum Gasteiger partial charge on any atom is 0.0703 e. The summed E-state index contributed by atoms with van der Waals surface area (Å²) in [5.74, 6) is 0. The van der Waals surface area contributed by atoms with Gasteiger partial charge in [0.1, 0.15) is 0 Å². The topological polar surface area (TPSA) is 22.8 Å². The summed E-state index contributed by atoms with van der Waals surface area (Å²) in [6, 6.07) is 45.2. The van der Waals surface area contributed by atoms with Gasteiger partial charge in [0.05, 0.1) is 34.1 Å². The van der Waals surface area contributed by atoms with Crippen molar-refractivity contribution in [3.63, 3.8) is 0 Å². The Labute approximate surface area is 219 Å². The average molecular weight is 486 g/mol. The van der Waals surface area contributed by atoms with E-state index >= 15 is 0 Å². The van der Waals surface area contributed by atoms with Gasteiger partial charge < -0.3 is 9.13 Å². The van der Waals surface area contributed by atoms with Gasteiger partial charge in [-0.15, -0.1) is 0 Å². The van der Waals surface area contributed by atoms with E-state index in [9.17, 15) is 0 Å². The van der Waals surface area contributed by atoms with E-state index in [0.717, 1.165) is 22.6 Å². The van der Waals surface area contributed by atoms with Crippen molar-refractivity contribution in [1.29, 1.82) is 0 Å². The minimum absolute atomic E-state index is 0.974. The molecule has 3 heterocycles. The first-order chi connectivity index (χ1) is 18.8. The van der Waals surface area contributed by atoms with Crippen molar-refractivity contribution in [1.82, 2.24) is 14.1 Å². The fourth-order valence-electron chi connectivity index (χ4n) is 5.79. The molecule has 0 N–H and O–H groups in total. The maximum absolute atomic E-state index is 4.87. The second-order valence-corrected chi connectivity index (χ2v) is 9.74. The first-order valence-corrected chi connectivity index (χ1v) is 12.9. The smallest absolute Gasteiger partial charge is 0.0703 e. The minimum atomic E-state index is 0.974. The number of fused-ring (bicyclic) bond motifs is 6. The monoisotopic (exact) mass is 485 g/mol. The summed E-state index contributed by atoms with van der Waals surface area (Å²) in [6.45, 7) is 0. The number of rotatable bonds is 3. The molecule has 3 heteroatoms. The van der Waals surface area contributed by atoms with Gasteiger partial charge in [-0.1, -0.05) is 78.9 Å². The number of aromatic nitrogens is 3. The van der Waals surface area contributed by atoms with Crippen molar-refractivity contribution in [3.05, 3.63) is 140 Å². The third kappa shape index (κ3) is 3.12. The molecule has 3 aromatic heterocycles. The molecule has 0 spiro atoms. The Morgan fingerprint density at radius 2 is 1.29 bits per heavy atom. The van der Waals surface area contributed by atoms with Crippen LogP contribution in [0.1, 0.15) is 0 Å². The van der Waals surface area contributed by atoms with Crippen molar-refractivity contribution < 1.29 is 0 Å². The lowest BCUT2D eigenvalue weighted by Crippen LogP contribution is -1.96. The fourth-order valence-corrected chi connectivity index (χ4v) is 5.79. The summed E-state index contributed by atoms with van der Waals surface area (Å²) in [4.78, 5) is 4.87. The summed E-state index contributed by atoms with van der Waals surface area (Å²) in [7, 11) is 0. The molecule has 0 atom stereocenters. The summed E-state index contributed by atoms with van der Waals surface area (Å²) in [5, 5.41) is 6.19. The highest BCUT2D eigenvalue weighted by Crippen LogP contribution is 2.38. The first kappa shape index (κ1) is 21.0. The molecular weight excluding hydrogens is 462 g/mol. The van der Waals surface area contributed by atoms with Crippen LogP contribution in [-0.2, 0) is 0 Å². The van der Waals surface area contributed by atoms with Crippen molar-refractivity contribution in [2.45, 2.75) is 0 Å². The van der Waals surface area contributed by atoms with Crippen LogP contribution < -0.4 is 0 Å². The Morgan fingerprint density at radius 3 is 2.11 bits per heavy atom. The summed E-state index contributed by atoms with van der Waals surface area (Å²) in [6.07, 6.45) is 4.16. The molecule has 0 amide bonds. The number of para-hydroxylation sites is 2. The van der Waals surface area contributed by atoms with E-state index in [4.69, 9.17) is 4.98 Å². The molecule has 8 rings (SSSR count). The van der Waals surface area contributed by atoms with Crippen LogP contribution in [-0.4, -0.2) is 14.1 Å². The van der Waals surface area contributed by atoms with Gasteiger partial charge in [0.2, 0.25) is 0 Å². The average Bonchev–Trinajstić information content (AvgIpc) is 3.56. The van der Waals surface area contributed by atoms with Gasteiger partial charge in [0.25, 0.3) is 0 Å². The molecule has 3 nitrogen and oxygen atoms in total. The van der Waals surface area contributed by atoms with Gasteiger partial charge in [0.15, 0.2) is 0 Å². The lowest BCUT2D eigenvalue weighted by Gasteiger charge is -2.12. The molecule has 0 saturated carbocycles. The highest BCUT2D eigenvalue weighted by molar-refractivity contribution is 6.20. The molecule has 0 aliphatic rings. The Kier molecular flexibility index (Phi) is 4.52. The molecule has 0 radical (unpaired) electrons. The minimum Gasteiger partial charge on any atom is -0.317 e. The predicted octanol–water partition coefficient (Wildman–Crippen LogP) is 8.94. The molecular formula is C35H23N3. The van der Waals surface area contributed by atoms with E-state index < -0.39 is 0 Å². The Hall–Kier alpha value is -5.15. The SMILES string of the molecule is c1ccc(-c2ccc(-n3c4ccccc4c4ccc5cc6ccn(-c7ccccc7)c6cc5c43)cn2)cc1. The van der Waals surface area contributed by atoms with Gasteiger partial charge in [-0.2, -0.15) is 0 Å². The number of benzene rings is 5. The van der Waals surface area contributed by atoms with Gasteiger partial charge >= 0.3 is 0 Å². The van der Waals surface area contributed by atoms with Crippen LogP contribution in [0.3, 0.4) is 0 Å². The summed E-state index contributed by atoms with van der Waals surface area (Å²) in [5.41, 5.74) is 7.91. The molecule has 38 heavy (non-hydrogen) atoms. The van der Waals surface area contributed by atoms with E-state index in [2.05, 4.69) is 137 Å². The van der Waals surface area contributed by atoms with E-state index in [1.54, 1.807) is 0 Å². The van der Waals surface area contributed by atoms with Crippen molar-refractivity contribution in [2.24, 2.45) is 0 Å². The highest BCUT2D eigenvalue weighted by Gasteiger charge is 2.16. The van der Waals surface area contributed by atoms with E-state index in [1.165, 1.54) is 43.5 Å².